The van der Waals surface area contributed by atoms with Gasteiger partial charge in [-0.2, -0.15) is 18.2 Å². The zero-order valence-corrected chi connectivity index (χ0v) is 31.6. The molecule has 2 N–H and O–H groups in total. The molecule has 6 atom stereocenters. The van der Waals surface area contributed by atoms with E-state index in [2.05, 4.69) is 26.3 Å². The molecule has 3 fully saturated rings. The van der Waals surface area contributed by atoms with Crippen molar-refractivity contribution >= 4 is 74.3 Å². The first-order chi connectivity index (χ1) is 26.2. The lowest BCUT2D eigenvalue weighted by atomic mass is 9.49. The summed E-state index contributed by atoms with van der Waals surface area (Å²) in [5, 5.41) is 12.3. The first-order valence-electron chi connectivity index (χ1n) is 17.0. The second-order valence-corrected chi connectivity index (χ2v) is 15.6. The number of pyridine rings is 1. The number of aromatic nitrogens is 1. The number of phenolic OH excluding ortho intramolecular Hbond substituents is 1. The van der Waals surface area contributed by atoms with Crippen LogP contribution in [0.2, 0.25) is 10.0 Å². The fraction of sp³-hybridized carbons (Fsp3) is 0.256. The summed E-state index contributed by atoms with van der Waals surface area (Å²) in [6.45, 7) is 0. The molecule has 282 valence electrons. The first-order valence-corrected chi connectivity index (χ1v) is 18.6. The molecular formula is C39H28BrCl2F3N4O6. The van der Waals surface area contributed by atoms with Crippen LogP contribution in [0.3, 0.4) is 0 Å². The van der Waals surface area contributed by atoms with Gasteiger partial charge in [0, 0.05) is 27.2 Å². The second kappa shape index (κ2) is 13.4. The van der Waals surface area contributed by atoms with Crippen LogP contribution in [0.4, 0.5) is 24.7 Å². The molecule has 0 radical (unpaired) electrons. The lowest BCUT2D eigenvalue weighted by molar-refractivity contribution is -0.139. The molecule has 4 aromatic rings. The van der Waals surface area contributed by atoms with Gasteiger partial charge in [-0.25, -0.2) is 4.98 Å². The van der Waals surface area contributed by atoms with Gasteiger partial charge >= 0.3 is 6.18 Å². The molecule has 16 heteroatoms. The van der Waals surface area contributed by atoms with E-state index in [1.165, 1.54) is 13.2 Å². The SMILES string of the molecule is COc1cccc([C@H]2C3=CC[C@@H]4C(=O)N(c5ccc(Br)cc5)C(=O)[C@@H]4[C@@H]3C[C@H]3C(=O)N(Nc4ncc(C(F)(F)F)cc4Cl)C(=O)[C@@]23c2ccc(Cl)cc2)c1O. The minimum Gasteiger partial charge on any atom is -0.504 e. The van der Waals surface area contributed by atoms with E-state index in [0.29, 0.717) is 39.1 Å². The van der Waals surface area contributed by atoms with Crippen LogP contribution in [0.15, 0.2) is 95.1 Å². The third kappa shape index (κ3) is 5.62. The van der Waals surface area contributed by atoms with Crippen LogP contribution in [0.1, 0.15) is 35.4 Å². The number of rotatable bonds is 6. The van der Waals surface area contributed by atoms with Gasteiger partial charge in [0.25, 0.3) is 11.8 Å². The van der Waals surface area contributed by atoms with Gasteiger partial charge in [0.1, 0.15) is 0 Å². The standard InChI is InChI=1S/C39H28BrCl2F3N4O6/c1-55-29-4-2-3-25(32(29)50)31-23-13-14-24-30(36(53)48(34(24)51)22-11-7-20(40)8-12-22)26(23)16-27-35(52)49(37(54)38(27,31)18-5-9-21(41)10-6-18)47-33-28(42)15-19(17-46-33)39(43,44)45/h2-13,15,17,24,26-27,30-31,50H,14,16H2,1H3,(H,46,47)/t24-,26+,27-,30-,31+,38+/m0/s1. The summed E-state index contributed by atoms with van der Waals surface area (Å²) in [7, 11) is 1.36. The van der Waals surface area contributed by atoms with Crippen molar-refractivity contribution in [3.8, 4) is 11.5 Å². The van der Waals surface area contributed by atoms with Gasteiger partial charge < -0.3 is 9.84 Å². The Morgan fingerprint density at radius 1 is 0.964 bits per heavy atom. The average molecular weight is 856 g/mol. The van der Waals surface area contributed by atoms with Crippen molar-refractivity contribution < 1.29 is 42.2 Å². The predicted octanol–water partition coefficient (Wildman–Crippen LogP) is 8.07. The highest BCUT2D eigenvalue weighted by molar-refractivity contribution is 9.10. The number of halogens is 6. The molecule has 0 unspecified atom stereocenters. The highest BCUT2D eigenvalue weighted by atomic mass is 79.9. The number of methoxy groups -OCH3 is 1. The summed E-state index contributed by atoms with van der Waals surface area (Å²) in [5.41, 5.74) is 1.12. The van der Waals surface area contributed by atoms with Crippen molar-refractivity contribution in [2.75, 3.05) is 17.4 Å². The Hall–Kier alpha value is -4.92. The summed E-state index contributed by atoms with van der Waals surface area (Å²) in [4.78, 5) is 63.6. The number of hydrogen-bond acceptors (Lipinski definition) is 8. The number of benzene rings is 3. The van der Waals surface area contributed by atoms with Gasteiger partial charge in [0.15, 0.2) is 17.3 Å². The number of phenols is 1. The Kier molecular flexibility index (Phi) is 9.01. The Morgan fingerprint density at radius 3 is 2.33 bits per heavy atom. The summed E-state index contributed by atoms with van der Waals surface area (Å²) in [6.07, 6.45) is -2.37. The zero-order chi connectivity index (χ0) is 39.1. The predicted molar refractivity (Wildman–Crippen MR) is 198 cm³/mol. The normalized spacial score (nSPS) is 26.1. The molecule has 10 nitrogen and oxygen atoms in total. The number of anilines is 2. The molecule has 55 heavy (non-hydrogen) atoms. The van der Waals surface area contributed by atoms with Gasteiger partial charge in [-0.1, -0.05) is 75.0 Å². The molecule has 2 aliphatic heterocycles. The Morgan fingerprint density at radius 2 is 1.67 bits per heavy atom. The van der Waals surface area contributed by atoms with Gasteiger partial charge in [0.05, 0.1) is 46.6 Å². The minimum atomic E-state index is -4.76. The average Bonchev–Trinajstić information content (AvgIpc) is 3.53. The molecular weight excluding hydrogens is 828 g/mol. The molecule has 2 aliphatic carbocycles. The zero-order valence-electron chi connectivity index (χ0n) is 28.5. The molecule has 0 bridgehead atoms. The van der Waals surface area contributed by atoms with Gasteiger partial charge in [-0.15, -0.1) is 0 Å². The molecule has 4 amide bonds. The topological polar surface area (TPSA) is 129 Å². The summed E-state index contributed by atoms with van der Waals surface area (Å²) in [5.74, 6) is -7.92. The number of carbonyl (C=O) groups excluding carboxylic acids is 4. The molecule has 3 heterocycles. The summed E-state index contributed by atoms with van der Waals surface area (Å²) < 4.78 is 46.7. The minimum absolute atomic E-state index is 0.0812. The van der Waals surface area contributed by atoms with E-state index in [0.717, 1.165) is 9.37 Å². The van der Waals surface area contributed by atoms with E-state index in [4.69, 9.17) is 27.9 Å². The van der Waals surface area contributed by atoms with E-state index >= 15 is 4.79 Å². The number of nitrogens with zero attached hydrogens (tertiary/aromatic N) is 3. The van der Waals surface area contributed by atoms with Crippen LogP contribution in [0, 0.1) is 23.7 Å². The number of aromatic hydroxyl groups is 1. The largest absolute Gasteiger partial charge is 0.504 e. The van der Waals surface area contributed by atoms with Crippen LogP contribution >= 0.6 is 39.1 Å². The molecule has 2 saturated heterocycles. The van der Waals surface area contributed by atoms with E-state index < -0.39 is 75.4 Å². The van der Waals surface area contributed by atoms with Crippen molar-refractivity contribution in [1.82, 2.24) is 9.99 Å². The van der Waals surface area contributed by atoms with Crippen molar-refractivity contribution in [1.29, 1.82) is 0 Å². The quantitative estimate of drug-likeness (QED) is 0.147. The van der Waals surface area contributed by atoms with E-state index in [1.807, 2.05) is 6.08 Å². The van der Waals surface area contributed by atoms with Crippen molar-refractivity contribution in [3.05, 3.63) is 122 Å². The number of nitrogens with one attached hydrogen (secondary N) is 1. The molecule has 3 aromatic carbocycles. The third-order valence-electron chi connectivity index (χ3n) is 11.2. The first kappa shape index (κ1) is 37.0. The van der Waals surface area contributed by atoms with Crippen LogP contribution in [-0.2, 0) is 30.8 Å². The van der Waals surface area contributed by atoms with Crippen LogP contribution in [0.5, 0.6) is 11.5 Å². The molecule has 0 spiro atoms. The Labute approximate surface area is 330 Å². The van der Waals surface area contributed by atoms with E-state index in [9.17, 15) is 32.7 Å². The number of amides is 4. The van der Waals surface area contributed by atoms with Crippen molar-refractivity contribution in [2.45, 2.75) is 30.4 Å². The number of hydrazine groups is 1. The summed E-state index contributed by atoms with van der Waals surface area (Å²) in [6, 6.07) is 18.4. The van der Waals surface area contributed by atoms with Crippen molar-refractivity contribution in [2.24, 2.45) is 23.7 Å². The number of imide groups is 2. The van der Waals surface area contributed by atoms with Crippen LogP contribution in [0.25, 0.3) is 0 Å². The maximum Gasteiger partial charge on any atom is 0.417 e. The number of para-hydroxylation sites is 1. The number of ether oxygens (including phenoxy) is 1. The number of carbonyl (C=O) groups is 4. The second-order valence-electron chi connectivity index (χ2n) is 13.8. The molecule has 1 aromatic heterocycles. The molecule has 1 saturated carbocycles. The monoisotopic (exact) mass is 854 g/mol. The van der Waals surface area contributed by atoms with Crippen molar-refractivity contribution in [3.63, 3.8) is 0 Å². The number of fused-ring (bicyclic) bond motifs is 4. The molecule has 8 rings (SSSR count). The maximum atomic E-state index is 15.3. The fourth-order valence-electron chi connectivity index (χ4n) is 8.91. The molecule has 4 aliphatic rings. The summed E-state index contributed by atoms with van der Waals surface area (Å²) >= 11 is 16.0. The van der Waals surface area contributed by atoms with Crippen LogP contribution < -0.4 is 15.1 Å². The van der Waals surface area contributed by atoms with E-state index in [1.54, 1.807) is 60.7 Å². The third-order valence-corrected chi connectivity index (χ3v) is 12.3. The maximum absolute atomic E-state index is 15.3. The van der Waals surface area contributed by atoms with E-state index in [-0.39, 0.29) is 35.7 Å². The van der Waals surface area contributed by atoms with Gasteiger partial charge in [-0.3, -0.25) is 29.5 Å². The number of hydrogen-bond donors (Lipinski definition) is 2. The lowest BCUT2D eigenvalue weighted by Gasteiger charge is -2.50. The highest BCUT2D eigenvalue weighted by Gasteiger charge is 2.71. The smallest absolute Gasteiger partial charge is 0.417 e. The lowest BCUT2D eigenvalue weighted by Crippen LogP contribution is -2.53. The van der Waals surface area contributed by atoms with Crippen LogP contribution in [-0.4, -0.2) is 45.8 Å². The fourth-order valence-corrected chi connectivity index (χ4v) is 9.51. The highest BCUT2D eigenvalue weighted by Crippen LogP contribution is 2.65. The number of alkyl halides is 3. The van der Waals surface area contributed by atoms with Gasteiger partial charge in [-0.05, 0) is 72.9 Å². The van der Waals surface area contributed by atoms with Gasteiger partial charge in [0.2, 0.25) is 11.8 Å². The Balaban J connectivity index is 1.32. The Bertz CT molecular complexity index is 2330. The number of allylic oxidation sites excluding steroid dienone is 2.